The average Bonchev–Trinajstić information content (AvgIpc) is 3.80. The lowest BCUT2D eigenvalue weighted by atomic mass is 9.59. The van der Waals surface area contributed by atoms with Gasteiger partial charge >= 0.3 is 0 Å². The number of nitro benzene ring substituents is 1. The standard InChI is InChI=1S/C60H69N11O11S/c1-36(2)81-52-6-4-3-5-42(52)51-32-68(55-31-62-46-33-78-23-12-44(46)63-55)19-20-69(51)40-29-60(30-40)14-17-67(18-15-60)39-7-8-43(48(26-39)70-47-13-24-79-35-54(47)82-59-50(70)25-38-9-16-61-57(38)65-59)58(72)66-83(75,76)41-27-49(71(73)74)56-53(28-41)80-34-45(64-56)37-10-21-77-22-11-37/h3-9,16,25-28,31,36-37,40,45,47,51,54,64H,10-15,17-24,29-30,32-35H2,1-2H3,(H,61,65)(H,66,72)/t45-,47-,51-,54-/m0/s1. The first-order valence-corrected chi connectivity index (χ1v) is 30.8. The van der Waals surface area contributed by atoms with Gasteiger partial charge in [0.1, 0.15) is 35.6 Å². The monoisotopic (exact) mass is 1150 g/mol. The number of nitrogens with one attached hydrogen (secondary N) is 3. The lowest BCUT2D eigenvalue weighted by Gasteiger charge is -2.58. The predicted molar refractivity (Wildman–Crippen MR) is 309 cm³/mol. The number of nitro groups is 1. The molecule has 0 unspecified atom stereocenters. The van der Waals surface area contributed by atoms with Gasteiger partial charge in [-0.2, -0.15) is 4.98 Å². The van der Waals surface area contributed by atoms with E-state index in [9.17, 15) is 23.3 Å². The Labute approximate surface area is 481 Å². The number of rotatable bonds is 12. The number of pyridine rings is 1. The summed E-state index contributed by atoms with van der Waals surface area (Å²) in [6.45, 7) is 11.4. The third-order valence-electron chi connectivity index (χ3n) is 18.5. The van der Waals surface area contributed by atoms with Crippen LogP contribution in [0.3, 0.4) is 0 Å². The van der Waals surface area contributed by atoms with Gasteiger partial charge in [0.05, 0.1) is 82.7 Å². The molecule has 0 bridgehead atoms. The number of piperazine rings is 1. The highest BCUT2D eigenvalue weighted by Crippen LogP contribution is 2.54. The number of nitrogens with zero attached hydrogens (tertiary/aromatic N) is 8. The Morgan fingerprint density at radius 3 is 2.55 bits per heavy atom. The van der Waals surface area contributed by atoms with E-state index in [1.165, 1.54) is 11.6 Å². The van der Waals surface area contributed by atoms with Gasteiger partial charge in [0.2, 0.25) is 5.88 Å². The quantitative estimate of drug-likeness (QED) is 0.0781. The molecule has 3 aromatic carbocycles. The summed E-state index contributed by atoms with van der Waals surface area (Å²) in [7, 11) is -4.72. The Hall–Kier alpha value is -7.31. The Kier molecular flexibility index (Phi) is 14.0. The second-order valence-corrected chi connectivity index (χ2v) is 25.5. The third-order valence-corrected chi connectivity index (χ3v) is 19.8. The van der Waals surface area contributed by atoms with Gasteiger partial charge in [-0.05, 0) is 107 Å². The van der Waals surface area contributed by atoms with Crippen LogP contribution in [0.4, 0.5) is 34.3 Å². The van der Waals surface area contributed by atoms with Crippen LogP contribution in [0, 0.1) is 21.4 Å². The molecule has 8 aliphatic rings. The molecule has 3 N–H and O–H groups in total. The number of sulfonamides is 1. The Morgan fingerprint density at radius 2 is 1.72 bits per heavy atom. The molecule has 22 nitrogen and oxygen atoms in total. The minimum absolute atomic E-state index is 0.0222. The summed E-state index contributed by atoms with van der Waals surface area (Å²) in [4.78, 5) is 54.0. The van der Waals surface area contributed by atoms with Gasteiger partial charge in [0.15, 0.2) is 11.4 Å². The second-order valence-electron chi connectivity index (χ2n) is 23.8. The van der Waals surface area contributed by atoms with Crippen molar-refractivity contribution in [3.63, 3.8) is 0 Å². The number of ether oxygens (including phenoxy) is 6. The van der Waals surface area contributed by atoms with E-state index in [4.69, 9.17) is 43.4 Å². The van der Waals surface area contributed by atoms with E-state index in [2.05, 4.69) is 72.7 Å². The number of carbonyl (C=O) groups is 1. The van der Waals surface area contributed by atoms with E-state index in [1.54, 1.807) is 6.07 Å². The van der Waals surface area contributed by atoms with Gasteiger partial charge in [0.25, 0.3) is 21.6 Å². The topological polar surface area (TPSA) is 241 Å². The van der Waals surface area contributed by atoms with Crippen LogP contribution in [0.1, 0.15) is 92.1 Å². The van der Waals surface area contributed by atoms with Gasteiger partial charge < -0.3 is 53.4 Å². The molecule has 1 aliphatic carbocycles. The highest BCUT2D eigenvalue weighted by atomic mass is 32.2. The van der Waals surface area contributed by atoms with Crippen LogP contribution in [0.15, 0.2) is 84.0 Å². The van der Waals surface area contributed by atoms with Gasteiger partial charge in [-0.1, -0.05) is 18.2 Å². The highest BCUT2D eigenvalue weighted by molar-refractivity contribution is 7.90. The molecule has 1 saturated carbocycles. The normalized spacial score (nSPS) is 23.7. The highest BCUT2D eigenvalue weighted by Gasteiger charge is 2.51. The van der Waals surface area contributed by atoms with Crippen LogP contribution in [-0.2, 0) is 37.3 Å². The largest absolute Gasteiger partial charge is 0.491 e. The molecule has 0 radical (unpaired) electrons. The Morgan fingerprint density at radius 1 is 0.892 bits per heavy atom. The number of carbonyl (C=O) groups excluding carboxylic acids is 1. The predicted octanol–water partition coefficient (Wildman–Crippen LogP) is 7.84. The van der Waals surface area contributed by atoms with Gasteiger partial charge in [-0.25, -0.2) is 18.1 Å². The molecule has 5 fully saturated rings. The molecule has 14 rings (SSSR count). The summed E-state index contributed by atoms with van der Waals surface area (Å²) in [6, 6.07) is 20.1. The van der Waals surface area contributed by atoms with Crippen LogP contribution >= 0.6 is 0 Å². The van der Waals surface area contributed by atoms with Crippen LogP contribution in [0.5, 0.6) is 17.4 Å². The van der Waals surface area contributed by atoms with Crippen molar-refractivity contribution in [1.82, 2.24) is 29.6 Å². The maximum Gasteiger partial charge on any atom is 0.297 e. The number of aromatic amines is 1. The number of hydrogen-bond acceptors (Lipinski definition) is 19. The summed E-state index contributed by atoms with van der Waals surface area (Å²) in [5, 5.41) is 16.7. The van der Waals surface area contributed by atoms with Crippen molar-refractivity contribution in [1.29, 1.82) is 0 Å². The van der Waals surface area contributed by atoms with E-state index in [1.807, 2.05) is 36.7 Å². The number of hydrogen-bond donors (Lipinski definition) is 3. The molecule has 7 aliphatic heterocycles. The molecule has 23 heteroatoms. The van der Waals surface area contributed by atoms with E-state index in [-0.39, 0.29) is 65.8 Å². The fourth-order valence-corrected chi connectivity index (χ4v) is 15.1. The molecule has 436 valence electrons. The zero-order valence-electron chi connectivity index (χ0n) is 46.7. The van der Waals surface area contributed by atoms with Crippen molar-refractivity contribution in [3.05, 3.63) is 112 Å². The summed E-state index contributed by atoms with van der Waals surface area (Å²) >= 11 is 0. The molecule has 1 amide bonds. The van der Waals surface area contributed by atoms with Crippen molar-refractivity contribution in [3.8, 4) is 17.4 Å². The minimum atomic E-state index is -4.72. The van der Waals surface area contributed by atoms with Crippen molar-refractivity contribution in [2.75, 3.05) is 92.4 Å². The molecule has 83 heavy (non-hydrogen) atoms. The molecular weight excluding hydrogens is 1080 g/mol. The molecule has 1 spiro atoms. The average molecular weight is 1150 g/mol. The van der Waals surface area contributed by atoms with Gasteiger partial charge in [-0.15, -0.1) is 0 Å². The second kappa shape index (κ2) is 21.7. The smallest absolute Gasteiger partial charge is 0.297 e. The number of para-hydroxylation sites is 1. The first-order valence-electron chi connectivity index (χ1n) is 29.3. The number of H-pyrrole nitrogens is 1. The first kappa shape index (κ1) is 53.7. The van der Waals surface area contributed by atoms with Crippen molar-refractivity contribution < 1.29 is 46.6 Å². The molecule has 10 heterocycles. The summed E-state index contributed by atoms with van der Waals surface area (Å²) in [5.41, 5.74) is 5.64. The maximum absolute atomic E-state index is 14.9. The third kappa shape index (κ3) is 10.2. The minimum Gasteiger partial charge on any atom is -0.491 e. The summed E-state index contributed by atoms with van der Waals surface area (Å²) in [5.74, 6) is 1.45. The van der Waals surface area contributed by atoms with Crippen LogP contribution in [-0.4, -0.2) is 147 Å². The van der Waals surface area contributed by atoms with Crippen LogP contribution in [0.25, 0.3) is 11.0 Å². The van der Waals surface area contributed by atoms with Crippen LogP contribution in [0.2, 0.25) is 0 Å². The van der Waals surface area contributed by atoms with E-state index >= 15 is 0 Å². The zero-order chi connectivity index (χ0) is 56.6. The number of amides is 1. The lowest BCUT2D eigenvalue weighted by Crippen LogP contribution is -2.60. The fraction of sp³-hybridized carbons (Fsp3) is 0.500. The number of piperidine rings is 1. The molecule has 6 aromatic rings. The maximum atomic E-state index is 14.9. The molecule has 4 saturated heterocycles. The SMILES string of the molecule is CC(C)Oc1ccccc1[C@@H]1CN(c2cnc3c(n2)CCOC3)CCN1C1CC2(CCN(c3ccc(C(=O)NS(=O)(=O)c4cc5c(c([N+](=O)[O-])c4)N[C@H](C4CCOCC4)CO5)c(N4c5cc6cc[nH]c6nc5O[C@H]5COCC[C@@H]54)c3)CC2)C1. The van der Waals surface area contributed by atoms with E-state index in [0.29, 0.717) is 68.4 Å². The van der Waals surface area contributed by atoms with Gasteiger partial charge in [-0.3, -0.25) is 24.8 Å². The number of aromatic nitrogens is 4. The Bertz CT molecular complexity index is 3580. The van der Waals surface area contributed by atoms with Crippen LogP contribution < -0.4 is 38.9 Å². The van der Waals surface area contributed by atoms with Gasteiger partial charge in [0, 0.05) is 100.0 Å². The molecule has 4 atom stereocenters. The lowest BCUT2D eigenvalue weighted by molar-refractivity contribution is -0.384. The number of benzene rings is 3. The summed E-state index contributed by atoms with van der Waals surface area (Å²) in [6.07, 6.45) is 10.2. The first-order chi connectivity index (χ1) is 40.3. The molecule has 3 aromatic heterocycles. The number of anilines is 5. The Balaban J connectivity index is 0.739. The van der Waals surface area contributed by atoms with Crippen molar-refractivity contribution >= 4 is 61.2 Å². The van der Waals surface area contributed by atoms with E-state index < -0.39 is 37.5 Å². The number of fused-ring (bicyclic) bond motifs is 5. The summed E-state index contributed by atoms with van der Waals surface area (Å²) < 4.78 is 67.5. The van der Waals surface area contributed by atoms with E-state index in [0.717, 1.165) is 118 Å². The zero-order valence-corrected chi connectivity index (χ0v) is 47.5. The van der Waals surface area contributed by atoms with Crippen molar-refractivity contribution in [2.24, 2.45) is 11.3 Å². The van der Waals surface area contributed by atoms with Crippen molar-refractivity contribution in [2.45, 2.75) is 113 Å². The molecular formula is C60H69N11O11S. The fourth-order valence-electron chi connectivity index (χ4n) is 14.1.